The highest BCUT2D eigenvalue weighted by atomic mass is 32.1. The highest BCUT2D eigenvalue weighted by Gasteiger charge is 2.32. The molecule has 26 heavy (non-hydrogen) atoms. The maximum absolute atomic E-state index is 12.5. The van der Waals surface area contributed by atoms with Gasteiger partial charge in [0.25, 0.3) is 0 Å². The molecule has 0 fully saturated rings. The molecular formula is C18H21F3N2O2S. The summed E-state index contributed by atoms with van der Waals surface area (Å²) in [6.07, 6.45) is -4.00. The van der Waals surface area contributed by atoms with E-state index in [4.69, 9.17) is 0 Å². The minimum absolute atomic E-state index is 0.158. The lowest BCUT2D eigenvalue weighted by atomic mass is 10.1. The number of likely N-dealkylation sites (N-methyl/N-ethyl adjacent to an activating group) is 1. The number of benzene rings is 1. The molecule has 0 radical (unpaired) electrons. The lowest BCUT2D eigenvalue weighted by Gasteiger charge is -2.25. The van der Waals surface area contributed by atoms with Gasteiger partial charge >= 0.3 is 6.36 Å². The molecule has 0 saturated heterocycles. The third-order valence-electron chi connectivity index (χ3n) is 3.91. The largest absolute Gasteiger partial charge is 0.573 e. The van der Waals surface area contributed by atoms with Crippen LogP contribution >= 0.6 is 11.3 Å². The van der Waals surface area contributed by atoms with Crippen LogP contribution in [0.5, 0.6) is 5.75 Å². The van der Waals surface area contributed by atoms with Crippen molar-refractivity contribution in [1.82, 2.24) is 10.2 Å². The quantitative estimate of drug-likeness (QED) is 0.750. The zero-order valence-electron chi connectivity index (χ0n) is 14.5. The molecule has 8 heteroatoms. The number of ether oxygens (including phenoxy) is 1. The Balaban J connectivity index is 1.89. The molecule has 1 aromatic heterocycles. The van der Waals surface area contributed by atoms with Crippen molar-refractivity contribution in [3.8, 4) is 5.75 Å². The number of hydrogen-bond acceptors (Lipinski definition) is 4. The molecular weight excluding hydrogens is 365 g/mol. The van der Waals surface area contributed by atoms with E-state index in [1.807, 2.05) is 17.5 Å². The number of thiophene rings is 1. The van der Waals surface area contributed by atoms with E-state index >= 15 is 0 Å². The number of amides is 1. The number of carbonyl (C=O) groups excluding carboxylic acids is 1. The molecule has 1 amide bonds. The molecule has 1 heterocycles. The van der Waals surface area contributed by atoms with E-state index < -0.39 is 12.4 Å². The standard InChI is InChI=1S/C18H21F3N2O2S/c1-13(17(24)22-10-9-15-7-5-11-26-15)23(2)12-14-6-3-4-8-16(14)25-18(19,20)21/h3-8,11,13H,9-10,12H2,1-2H3,(H,22,24). The number of nitrogens with one attached hydrogen (secondary N) is 1. The fourth-order valence-corrected chi connectivity index (χ4v) is 3.08. The molecule has 1 N–H and O–H groups in total. The molecule has 2 aromatic rings. The van der Waals surface area contributed by atoms with Crippen molar-refractivity contribution in [2.24, 2.45) is 0 Å². The molecule has 0 spiro atoms. The number of carbonyl (C=O) groups is 1. The molecule has 0 saturated carbocycles. The van der Waals surface area contributed by atoms with Crippen LogP contribution in [0.2, 0.25) is 0 Å². The minimum Gasteiger partial charge on any atom is -0.405 e. The van der Waals surface area contributed by atoms with Gasteiger partial charge in [0, 0.05) is 23.5 Å². The maximum Gasteiger partial charge on any atom is 0.573 e. The minimum atomic E-state index is -4.75. The fourth-order valence-electron chi connectivity index (χ4n) is 2.38. The van der Waals surface area contributed by atoms with Crippen molar-refractivity contribution in [3.63, 3.8) is 0 Å². The van der Waals surface area contributed by atoms with Crippen molar-refractivity contribution < 1.29 is 22.7 Å². The summed E-state index contributed by atoms with van der Waals surface area (Å²) in [5.74, 6) is -0.421. The maximum atomic E-state index is 12.5. The Kier molecular flexibility index (Phi) is 7.05. The number of halogens is 3. The Bertz CT molecular complexity index is 705. The Morgan fingerprint density at radius 1 is 1.27 bits per heavy atom. The number of hydrogen-bond donors (Lipinski definition) is 1. The summed E-state index contributed by atoms with van der Waals surface area (Å²) in [7, 11) is 1.69. The van der Waals surface area contributed by atoms with Crippen LogP contribution in [0.25, 0.3) is 0 Å². The highest BCUT2D eigenvalue weighted by Crippen LogP contribution is 2.27. The summed E-state index contributed by atoms with van der Waals surface area (Å²) in [5, 5.41) is 4.84. The van der Waals surface area contributed by atoms with Crippen molar-refractivity contribution in [3.05, 3.63) is 52.2 Å². The summed E-state index contributed by atoms with van der Waals surface area (Å²) >= 11 is 1.63. The highest BCUT2D eigenvalue weighted by molar-refractivity contribution is 7.09. The summed E-state index contributed by atoms with van der Waals surface area (Å²) in [6.45, 7) is 2.39. The van der Waals surface area contributed by atoms with E-state index in [2.05, 4.69) is 10.1 Å². The zero-order chi connectivity index (χ0) is 19.2. The first kappa shape index (κ1) is 20.3. The van der Waals surface area contributed by atoms with Crippen molar-refractivity contribution in [1.29, 1.82) is 0 Å². The van der Waals surface area contributed by atoms with E-state index in [1.165, 1.54) is 17.0 Å². The first-order valence-corrected chi connectivity index (χ1v) is 8.98. The molecule has 1 atom stereocenters. The SMILES string of the molecule is CC(C(=O)NCCc1cccs1)N(C)Cc1ccccc1OC(F)(F)F. The molecule has 0 bridgehead atoms. The monoisotopic (exact) mass is 386 g/mol. The summed E-state index contributed by atoms with van der Waals surface area (Å²) < 4.78 is 41.6. The Morgan fingerprint density at radius 2 is 2.00 bits per heavy atom. The average Bonchev–Trinajstić information content (AvgIpc) is 3.08. The molecule has 0 aliphatic carbocycles. The molecule has 4 nitrogen and oxygen atoms in total. The molecule has 142 valence electrons. The van der Waals surface area contributed by atoms with E-state index in [-0.39, 0.29) is 18.2 Å². The summed E-state index contributed by atoms with van der Waals surface area (Å²) in [5.41, 5.74) is 0.366. The van der Waals surface area contributed by atoms with Gasteiger partial charge in [-0.15, -0.1) is 24.5 Å². The van der Waals surface area contributed by atoms with E-state index in [1.54, 1.807) is 42.3 Å². The normalized spacial score (nSPS) is 12.8. The summed E-state index contributed by atoms with van der Waals surface area (Å²) in [4.78, 5) is 15.1. The predicted molar refractivity (Wildman–Crippen MR) is 95.1 cm³/mol. The third kappa shape index (κ3) is 6.34. The van der Waals surface area contributed by atoms with Gasteiger partial charge in [-0.1, -0.05) is 24.3 Å². The number of para-hydroxylation sites is 1. The molecule has 1 aromatic carbocycles. The zero-order valence-corrected chi connectivity index (χ0v) is 15.4. The average molecular weight is 386 g/mol. The number of rotatable bonds is 8. The Labute approximate surface area is 154 Å². The molecule has 0 aliphatic heterocycles. The van der Waals surface area contributed by atoms with Crippen LogP contribution in [0, 0.1) is 0 Å². The van der Waals surface area contributed by atoms with Gasteiger partial charge in [0.15, 0.2) is 0 Å². The van der Waals surface area contributed by atoms with Crippen LogP contribution in [0.15, 0.2) is 41.8 Å². The van der Waals surface area contributed by atoms with Gasteiger partial charge in [0.2, 0.25) is 5.91 Å². The van der Waals surface area contributed by atoms with Crippen molar-refractivity contribution in [2.75, 3.05) is 13.6 Å². The Hall–Kier alpha value is -2.06. The fraction of sp³-hybridized carbons (Fsp3) is 0.389. The lowest BCUT2D eigenvalue weighted by Crippen LogP contribution is -2.43. The predicted octanol–water partition coefficient (Wildman–Crippen LogP) is 3.83. The van der Waals surface area contributed by atoms with Crippen LogP contribution in [-0.2, 0) is 17.8 Å². The van der Waals surface area contributed by atoms with E-state index in [9.17, 15) is 18.0 Å². The second kappa shape index (κ2) is 9.05. The second-order valence-electron chi connectivity index (χ2n) is 5.87. The van der Waals surface area contributed by atoms with Gasteiger partial charge in [-0.05, 0) is 37.9 Å². The van der Waals surface area contributed by atoms with Gasteiger partial charge in [-0.2, -0.15) is 0 Å². The van der Waals surface area contributed by atoms with Crippen molar-refractivity contribution in [2.45, 2.75) is 32.3 Å². The van der Waals surface area contributed by atoms with Crippen molar-refractivity contribution >= 4 is 17.2 Å². The van der Waals surface area contributed by atoms with Gasteiger partial charge < -0.3 is 10.1 Å². The van der Waals surface area contributed by atoms with Crippen LogP contribution in [0.1, 0.15) is 17.4 Å². The van der Waals surface area contributed by atoms with Gasteiger partial charge in [-0.3, -0.25) is 9.69 Å². The van der Waals surface area contributed by atoms with E-state index in [0.29, 0.717) is 12.1 Å². The second-order valence-corrected chi connectivity index (χ2v) is 6.90. The molecule has 1 unspecified atom stereocenters. The Morgan fingerprint density at radius 3 is 2.65 bits per heavy atom. The van der Waals surface area contributed by atoms with Crippen LogP contribution in [0.4, 0.5) is 13.2 Å². The molecule has 2 rings (SSSR count). The van der Waals surface area contributed by atoms with Crippen LogP contribution in [-0.4, -0.2) is 36.8 Å². The van der Waals surface area contributed by atoms with Gasteiger partial charge in [-0.25, -0.2) is 0 Å². The van der Waals surface area contributed by atoms with E-state index in [0.717, 1.165) is 6.42 Å². The van der Waals surface area contributed by atoms with Crippen LogP contribution < -0.4 is 10.1 Å². The molecule has 0 aliphatic rings. The van der Waals surface area contributed by atoms with Crippen LogP contribution in [0.3, 0.4) is 0 Å². The first-order valence-electron chi connectivity index (χ1n) is 8.10. The smallest absolute Gasteiger partial charge is 0.405 e. The first-order chi connectivity index (χ1) is 12.3. The van der Waals surface area contributed by atoms with Gasteiger partial charge in [0.05, 0.1) is 6.04 Å². The topological polar surface area (TPSA) is 41.6 Å². The lowest BCUT2D eigenvalue weighted by molar-refractivity contribution is -0.275. The van der Waals surface area contributed by atoms with Gasteiger partial charge in [0.1, 0.15) is 5.75 Å². The summed E-state index contributed by atoms with van der Waals surface area (Å²) in [6, 6.07) is 9.41. The third-order valence-corrected chi connectivity index (χ3v) is 4.85. The number of nitrogens with zero attached hydrogens (tertiary/aromatic N) is 1. The number of alkyl halides is 3.